The second-order valence-electron chi connectivity index (χ2n) is 5.82. The maximum absolute atomic E-state index is 6.06. The van der Waals surface area contributed by atoms with Crippen LogP contribution in [0.5, 0.6) is 5.75 Å². The van der Waals surface area contributed by atoms with Crippen molar-refractivity contribution in [3.63, 3.8) is 0 Å². The first-order valence-corrected chi connectivity index (χ1v) is 7.40. The number of likely N-dealkylation sites (N-methyl/N-ethyl adjacent to an activating group) is 1. The lowest BCUT2D eigenvalue weighted by molar-refractivity contribution is 0.156. The van der Waals surface area contributed by atoms with Crippen molar-refractivity contribution in [2.45, 2.75) is 24.9 Å². The average molecular weight is 277 g/mol. The molecule has 1 aromatic carbocycles. The molecular weight excluding hydrogens is 250 g/mol. The molecule has 0 spiro atoms. The Morgan fingerprint density at radius 2 is 2.05 bits per heavy atom. The summed E-state index contributed by atoms with van der Waals surface area (Å²) in [5, 5.41) is 0. The molecule has 112 valence electrons. The second-order valence-corrected chi connectivity index (χ2v) is 5.82. The Kier molecular flexibility index (Phi) is 5.40. The van der Waals surface area contributed by atoms with E-state index in [-0.39, 0.29) is 0 Å². The van der Waals surface area contributed by atoms with Gasteiger partial charge in [-0.05, 0) is 51.2 Å². The fraction of sp³-hybridized carbons (Fsp3) is 0.625. The zero-order valence-corrected chi connectivity index (χ0v) is 12.9. The van der Waals surface area contributed by atoms with E-state index in [0.717, 1.165) is 18.8 Å². The van der Waals surface area contributed by atoms with Crippen molar-refractivity contribution in [2.75, 3.05) is 40.8 Å². The van der Waals surface area contributed by atoms with Gasteiger partial charge in [-0.1, -0.05) is 12.1 Å². The van der Waals surface area contributed by atoms with Gasteiger partial charge in [-0.2, -0.15) is 0 Å². The average Bonchev–Trinajstić information content (AvgIpc) is 2.88. The Balaban J connectivity index is 2.13. The maximum Gasteiger partial charge on any atom is 0.118 e. The molecular formula is C16H27N3O. The number of hydrogen-bond acceptors (Lipinski definition) is 4. The highest BCUT2D eigenvalue weighted by molar-refractivity contribution is 5.29. The van der Waals surface area contributed by atoms with Gasteiger partial charge in [-0.25, -0.2) is 0 Å². The molecule has 0 saturated carbocycles. The fourth-order valence-corrected chi connectivity index (χ4v) is 3.17. The number of rotatable bonds is 6. The van der Waals surface area contributed by atoms with Crippen LogP contribution >= 0.6 is 0 Å². The van der Waals surface area contributed by atoms with Crippen LogP contribution in [0.1, 0.15) is 24.4 Å². The van der Waals surface area contributed by atoms with E-state index in [2.05, 4.69) is 36.0 Å². The van der Waals surface area contributed by atoms with Crippen LogP contribution in [0.15, 0.2) is 24.3 Å². The summed E-state index contributed by atoms with van der Waals surface area (Å²) in [5.74, 6) is 0.899. The van der Waals surface area contributed by atoms with E-state index in [4.69, 9.17) is 10.5 Å². The summed E-state index contributed by atoms with van der Waals surface area (Å²) >= 11 is 0. The summed E-state index contributed by atoms with van der Waals surface area (Å²) in [4.78, 5) is 4.84. The molecule has 1 aromatic rings. The summed E-state index contributed by atoms with van der Waals surface area (Å²) in [6.45, 7) is 2.91. The van der Waals surface area contributed by atoms with Crippen molar-refractivity contribution in [1.29, 1.82) is 0 Å². The minimum Gasteiger partial charge on any atom is -0.497 e. The first-order valence-electron chi connectivity index (χ1n) is 7.40. The van der Waals surface area contributed by atoms with Gasteiger partial charge in [-0.15, -0.1) is 0 Å². The predicted molar refractivity (Wildman–Crippen MR) is 83.1 cm³/mol. The molecule has 1 aliphatic heterocycles. The van der Waals surface area contributed by atoms with Crippen molar-refractivity contribution >= 4 is 0 Å². The third kappa shape index (κ3) is 3.51. The first-order chi connectivity index (χ1) is 9.65. The highest BCUT2D eigenvalue weighted by Crippen LogP contribution is 2.30. The van der Waals surface area contributed by atoms with Gasteiger partial charge < -0.3 is 15.4 Å². The van der Waals surface area contributed by atoms with E-state index in [1.807, 2.05) is 12.1 Å². The van der Waals surface area contributed by atoms with Crippen LogP contribution in [0.2, 0.25) is 0 Å². The number of nitrogens with zero attached hydrogens (tertiary/aromatic N) is 2. The predicted octanol–water partition coefficient (Wildman–Crippen LogP) is 1.72. The van der Waals surface area contributed by atoms with E-state index >= 15 is 0 Å². The molecule has 2 rings (SSSR count). The number of nitrogens with two attached hydrogens (primary N) is 1. The molecule has 1 aliphatic rings. The zero-order chi connectivity index (χ0) is 14.5. The zero-order valence-electron chi connectivity index (χ0n) is 12.9. The molecule has 0 radical (unpaired) electrons. The van der Waals surface area contributed by atoms with Crippen LogP contribution in [0.4, 0.5) is 0 Å². The number of hydrogen-bond donors (Lipinski definition) is 1. The molecule has 0 bridgehead atoms. The van der Waals surface area contributed by atoms with Gasteiger partial charge in [0.25, 0.3) is 0 Å². The third-order valence-electron chi connectivity index (χ3n) is 4.12. The van der Waals surface area contributed by atoms with E-state index < -0.39 is 0 Å². The van der Waals surface area contributed by atoms with Crippen molar-refractivity contribution in [2.24, 2.45) is 5.73 Å². The lowest BCUT2D eigenvalue weighted by Gasteiger charge is -2.34. The second kappa shape index (κ2) is 7.07. The Hall–Kier alpha value is -1.10. The molecule has 1 heterocycles. The molecule has 2 N–H and O–H groups in total. The van der Waals surface area contributed by atoms with Crippen LogP contribution in [0.25, 0.3) is 0 Å². The van der Waals surface area contributed by atoms with Crippen LogP contribution < -0.4 is 10.5 Å². The smallest absolute Gasteiger partial charge is 0.118 e. The minimum atomic E-state index is 0.313. The Bertz CT molecular complexity index is 405. The molecule has 0 amide bonds. The fourth-order valence-electron chi connectivity index (χ4n) is 3.17. The summed E-state index contributed by atoms with van der Waals surface area (Å²) in [7, 11) is 5.98. The molecule has 20 heavy (non-hydrogen) atoms. The number of likely N-dealkylation sites (tertiary alicyclic amines) is 1. The minimum absolute atomic E-state index is 0.313. The highest BCUT2D eigenvalue weighted by atomic mass is 16.5. The van der Waals surface area contributed by atoms with Gasteiger partial charge in [-0.3, -0.25) is 4.90 Å². The van der Waals surface area contributed by atoms with Gasteiger partial charge in [0.1, 0.15) is 5.75 Å². The van der Waals surface area contributed by atoms with Gasteiger partial charge in [0, 0.05) is 25.2 Å². The molecule has 0 aromatic heterocycles. The van der Waals surface area contributed by atoms with Crippen LogP contribution in [-0.4, -0.2) is 56.7 Å². The van der Waals surface area contributed by atoms with Crippen LogP contribution in [-0.2, 0) is 0 Å². The van der Waals surface area contributed by atoms with E-state index in [0.29, 0.717) is 18.6 Å². The maximum atomic E-state index is 6.06. The molecule has 1 fully saturated rings. The highest BCUT2D eigenvalue weighted by Gasteiger charge is 2.31. The normalized spacial score (nSPS) is 21.4. The molecule has 4 heteroatoms. The summed E-state index contributed by atoms with van der Waals surface area (Å²) in [6.07, 6.45) is 2.54. The van der Waals surface area contributed by atoms with E-state index in [1.54, 1.807) is 7.11 Å². The molecule has 1 saturated heterocycles. The van der Waals surface area contributed by atoms with Gasteiger partial charge in [0.15, 0.2) is 0 Å². The lowest BCUT2D eigenvalue weighted by atomic mass is 10.0. The summed E-state index contributed by atoms with van der Waals surface area (Å²) < 4.78 is 5.23. The Labute approximate surface area is 122 Å². The lowest BCUT2D eigenvalue weighted by Crippen LogP contribution is -2.42. The quantitative estimate of drug-likeness (QED) is 0.860. The molecule has 2 atom stereocenters. The summed E-state index contributed by atoms with van der Waals surface area (Å²) in [5.41, 5.74) is 7.35. The monoisotopic (exact) mass is 277 g/mol. The molecule has 2 unspecified atom stereocenters. The van der Waals surface area contributed by atoms with Crippen molar-refractivity contribution in [3.05, 3.63) is 29.8 Å². The summed E-state index contributed by atoms with van der Waals surface area (Å²) in [6, 6.07) is 9.25. The molecule has 0 aliphatic carbocycles. The van der Waals surface area contributed by atoms with Gasteiger partial charge in [0.05, 0.1) is 7.11 Å². The van der Waals surface area contributed by atoms with E-state index in [1.165, 1.54) is 18.4 Å². The number of ether oxygens (including phenoxy) is 1. The van der Waals surface area contributed by atoms with E-state index in [9.17, 15) is 0 Å². The van der Waals surface area contributed by atoms with Crippen LogP contribution in [0, 0.1) is 0 Å². The molecule has 4 nitrogen and oxygen atoms in total. The van der Waals surface area contributed by atoms with Gasteiger partial charge >= 0.3 is 0 Å². The van der Waals surface area contributed by atoms with Gasteiger partial charge in [0.2, 0.25) is 0 Å². The first kappa shape index (κ1) is 15.3. The third-order valence-corrected chi connectivity index (χ3v) is 4.12. The standard InChI is InChI=1S/C16H27N3O/c1-18(2)12-14-5-4-10-19(14)16(11-17)13-6-8-15(20-3)9-7-13/h6-9,14,16H,4-5,10-12,17H2,1-3H3. The number of methoxy groups -OCH3 is 1. The van der Waals surface area contributed by atoms with Crippen molar-refractivity contribution in [1.82, 2.24) is 9.80 Å². The Morgan fingerprint density at radius 1 is 1.35 bits per heavy atom. The topological polar surface area (TPSA) is 41.7 Å². The van der Waals surface area contributed by atoms with Crippen molar-refractivity contribution < 1.29 is 4.74 Å². The van der Waals surface area contributed by atoms with Crippen molar-refractivity contribution in [3.8, 4) is 5.75 Å². The SMILES string of the molecule is COc1ccc(C(CN)N2CCCC2CN(C)C)cc1. The Morgan fingerprint density at radius 3 is 2.60 bits per heavy atom. The largest absolute Gasteiger partial charge is 0.497 e. The number of benzene rings is 1. The van der Waals surface area contributed by atoms with Crippen LogP contribution in [0.3, 0.4) is 0 Å².